The van der Waals surface area contributed by atoms with Crippen molar-refractivity contribution in [3.05, 3.63) is 47.6 Å². The van der Waals surface area contributed by atoms with Crippen molar-refractivity contribution < 1.29 is 0 Å². The van der Waals surface area contributed by atoms with Crippen LogP contribution in [0.15, 0.2) is 42.0 Å². The van der Waals surface area contributed by atoms with Crippen LogP contribution in [0, 0.1) is 11.8 Å². The molecule has 2 rings (SSSR count). The lowest BCUT2D eigenvalue weighted by Gasteiger charge is -2.27. The molecule has 0 aliphatic heterocycles. The molecule has 2 N–H and O–H groups in total. The van der Waals surface area contributed by atoms with E-state index in [-0.39, 0.29) is 0 Å². The van der Waals surface area contributed by atoms with Gasteiger partial charge in [0.15, 0.2) is 0 Å². The topological polar surface area (TPSA) is 26.0 Å². The second kappa shape index (κ2) is 4.17. The van der Waals surface area contributed by atoms with Gasteiger partial charge in [-0.1, -0.05) is 43.7 Å². The number of hydrogen-bond acceptors (Lipinski definition) is 1. The molecule has 0 saturated carbocycles. The first-order valence-electron chi connectivity index (χ1n) is 5.84. The number of benzene rings is 1. The summed E-state index contributed by atoms with van der Waals surface area (Å²) in [6.45, 7) is 6.79. The summed E-state index contributed by atoms with van der Waals surface area (Å²) in [5.74, 6) is 1.20. The smallest absolute Gasteiger partial charge is 0.0314 e. The van der Waals surface area contributed by atoms with Gasteiger partial charge < -0.3 is 5.73 Å². The molecule has 1 aliphatic rings. The third kappa shape index (κ3) is 1.90. The van der Waals surface area contributed by atoms with Crippen molar-refractivity contribution in [2.24, 2.45) is 11.8 Å². The molecule has 0 heterocycles. The zero-order valence-electron chi connectivity index (χ0n) is 10.2. The monoisotopic (exact) mass is 213 g/mol. The average Bonchev–Trinajstić information content (AvgIpc) is 2.28. The zero-order valence-corrected chi connectivity index (χ0v) is 10.2. The van der Waals surface area contributed by atoms with Gasteiger partial charge in [-0.05, 0) is 42.0 Å². The van der Waals surface area contributed by atoms with Crippen LogP contribution >= 0.6 is 0 Å². The third-order valence-corrected chi connectivity index (χ3v) is 3.73. The molecule has 0 bridgehead atoms. The van der Waals surface area contributed by atoms with Crippen LogP contribution in [0.25, 0.3) is 5.57 Å². The molecule has 1 aromatic rings. The Kier molecular flexibility index (Phi) is 2.86. The Labute approximate surface area is 97.7 Å². The molecule has 0 radical (unpaired) electrons. The maximum Gasteiger partial charge on any atom is 0.0314 e. The van der Waals surface area contributed by atoms with E-state index < -0.39 is 0 Å². The number of nitrogens with two attached hydrogens (primary N) is 1. The number of rotatable bonds is 1. The Hall–Kier alpha value is -1.50. The summed E-state index contributed by atoms with van der Waals surface area (Å²) in [5, 5.41) is 0. The van der Waals surface area contributed by atoms with Gasteiger partial charge in [0.2, 0.25) is 0 Å². The van der Waals surface area contributed by atoms with Gasteiger partial charge in [0, 0.05) is 5.69 Å². The van der Waals surface area contributed by atoms with Crippen molar-refractivity contribution in [3.63, 3.8) is 0 Å². The van der Waals surface area contributed by atoms with Crippen molar-refractivity contribution in [2.75, 3.05) is 5.73 Å². The molecule has 1 unspecified atom stereocenters. The summed E-state index contributed by atoms with van der Waals surface area (Å²) in [4.78, 5) is 0. The van der Waals surface area contributed by atoms with E-state index >= 15 is 0 Å². The fraction of sp³-hybridized carbons (Fsp3) is 0.333. The predicted molar refractivity (Wildman–Crippen MR) is 70.9 cm³/mol. The molecular formula is C15H19N. The van der Waals surface area contributed by atoms with Gasteiger partial charge in [0.1, 0.15) is 0 Å². The van der Waals surface area contributed by atoms with E-state index in [0.29, 0.717) is 11.8 Å². The molecular weight excluding hydrogens is 194 g/mol. The molecule has 1 nitrogen and oxygen atoms in total. The van der Waals surface area contributed by atoms with E-state index in [4.69, 9.17) is 5.73 Å². The molecule has 0 amide bonds. The van der Waals surface area contributed by atoms with Crippen molar-refractivity contribution in [1.82, 2.24) is 0 Å². The zero-order chi connectivity index (χ0) is 11.7. The minimum absolute atomic E-state index is 0.577. The summed E-state index contributed by atoms with van der Waals surface area (Å²) in [6.07, 6.45) is 4.47. The first-order chi connectivity index (χ1) is 7.59. The van der Waals surface area contributed by atoms with Crippen molar-refractivity contribution in [2.45, 2.75) is 20.8 Å². The number of hydrogen-bond donors (Lipinski definition) is 1. The van der Waals surface area contributed by atoms with Gasteiger partial charge in [0.05, 0.1) is 0 Å². The summed E-state index contributed by atoms with van der Waals surface area (Å²) < 4.78 is 0. The fourth-order valence-electron chi connectivity index (χ4n) is 2.22. The summed E-state index contributed by atoms with van der Waals surface area (Å²) in [6, 6.07) is 8.16. The average molecular weight is 213 g/mol. The summed E-state index contributed by atoms with van der Waals surface area (Å²) in [5.41, 5.74) is 10.7. The summed E-state index contributed by atoms with van der Waals surface area (Å²) >= 11 is 0. The van der Waals surface area contributed by atoms with Crippen LogP contribution in [0.3, 0.4) is 0 Å². The first kappa shape index (κ1) is 11.0. The Morgan fingerprint density at radius 1 is 0.938 bits per heavy atom. The van der Waals surface area contributed by atoms with E-state index in [9.17, 15) is 0 Å². The molecule has 0 saturated heterocycles. The van der Waals surface area contributed by atoms with Gasteiger partial charge in [-0.3, -0.25) is 0 Å². The molecule has 0 spiro atoms. The number of nitrogen functional groups attached to an aromatic ring is 1. The highest BCUT2D eigenvalue weighted by atomic mass is 14.5. The lowest BCUT2D eigenvalue weighted by molar-refractivity contribution is 0.538. The molecule has 1 aliphatic carbocycles. The minimum atomic E-state index is 0.577. The highest BCUT2D eigenvalue weighted by Crippen LogP contribution is 2.36. The van der Waals surface area contributed by atoms with Crippen LogP contribution in [0.5, 0.6) is 0 Å². The van der Waals surface area contributed by atoms with Crippen LogP contribution in [0.1, 0.15) is 26.3 Å². The Bertz CT molecular complexity index is 437. The lowest BCUT2D eigenvalue weighted by atomic mass is 9.78. The highest BCUT2D eigenvalue weighted by Gasteiger charge is 2.21. The van der Waals surface area contributed by atoms with Crippen LogP contribution in [0.2, 0.25) is 0 Å². The van der Waals surface area contributed by atoms with E-state index in [1.807, 2.05) is 12.1 Å². The van der Waals surface area contributed by atoms with Gasteiger partial charge >= 0.3 is 0 Å². The predicted octanol–water partition coefficient (Wildman–Crippen LogP) is 3.88. The van der Waals surface area contributed by atoms with Crippen LogP contribution in [0.4, 0.5) is 5.69 Å². The highest BCUT2D eigenvalue weighted by molar-refractivity contribution is 5.71. The molecule has 0 aromatic heterocycles. The van der Waals surface area contributed by atoms with Crippen molar-refractivity contribution in [1.29, 1.82) is 0 Å². The second-order valence-electron chi connectivity index (χ2n) is 4.73. The minimum Gasteiger partial charge on any atom is -0.399 e. The Morgan fingerprint density at radius 2 is 1.56 bits per heavy atom. The molecule has 16 heavy (non-hydrogen) atoms. The van der Waals surface area contributed by atoms with Crippen molar-refractivity contribution in [3.8, 4) is 0 Å². The standard InChI is InChI=1S/C15H19N/c1-10-4-9-15(12(3)11(10)2)13-5-7-14(16)8-6-13/h4-9,11-12H,16H2,1-3H3/t11-,12?/m0/s1. The Morgan fingerprint density at radius 3 is 2.19 bits per heavy atom. The third-order valence-electron chi connectivity index (χ3n) is 3.73. The van der Waals surface area contributed by atoms with Gasteiger partial charge in [-0.2, -0.15) is 0 Å². The molecule has 0 fully saturated rings. The van der Waals surface area contributed by atoms with Gasteiger partial charge in [0.25, 0.3) is 0 Å². The quantitative estimate of drug-likeness (QED) is 0.704. The van der Waals surface area contributed by atoms with E-state index in [1.54, 1.807) is 0 Å². The van der Waals surface area contributed by atoms with Gasteiger partial charge in [-0.15, -0.1) is 0 Å². The molecule has 1 heteroatoms. The summed E-state index contributed by atoms with van der Waals surface area (Å²) in [7, 11) is 0. The van der Waals surface area contributed by atoms with Gasteiger partial charge in [-0.25, -0.2) is 0 Å². The number of anilines is 1. The van der Waals surface area contributed by atoms with E-state index in [1.165, 1.54) is 16.7 Å². The Balaban J connectivity index is 2.38. The fourth-order valence-corrected chi connectivity index (χ4v) is 2.22. The van der Waals surface area contributed by atoms with Crippen LogP contribution < -0.4 is 5.73 Å². The molecule has 84 valence electrons. The first-order valence-corrected chi connectivity index (χ1v) is 5.84. The maximum absolute atomic E-state index is 5.71. The lowest BCUT2D eigenvalue weighted by Crippen LogP contribution is -2.14. The van der Waals surface area contributed by atoms with E-state index in [2.05, 4.69) is 45.1 Å². The van der Waals surface area contributed by atoms with Crippen LogP contribution in [-0.2, 0) is 0 Å². The maximum atomic E-state index is 5.71. The largest absolute Gasteiger partial charge is 0.399 e. The SMILES string of the molecule is CC1=CC=C(c2ccc(N)cc2)C(C)[C@H]1C. The second-order valence-corrected chi connectivity index (χ2v) is 4.73. The molecule has 2 atom stereocenters. The van der Waals surface area contributed by atoms with Crippen molar-refractivity contribution >= 4 is 11.3 Å². The van der Waals surface area contributed by atoms with E-state index in [0.717, 1.165) is 5.69 Å². The normalized spacial score (nSPS) is 24.9. The number of allylic oxidation sites excluding steroid dienone is 4. The van der Waals surface area contributed by atoms with Crippen LogP contribution in [-0.4, -0.2) is 0 Å². The molecule has 1 aromatic carbocycles.